The highest BCUT2D eigenvalue weighted by Crippen LogP contribution is 2.43. The van der Waals surface area contributed by atoms with Crippen LogP contribution in [0.25, 0.3) is 65.6 Å². The zero-order chi connectivity index (χ0) is 34.0. The van der Waals surface area contributed by atoms with Crippen LogP contribution in [0.3, 0.4) is 0 Å². The molecule has 0 saturated heterocycles. The first-order chi connectivity index (χ1) is 23.1. The Balaban J connectivity index is 1.61. The van der Waals surface area contributed by atoms with Gasteiger partial charge in [-0.3, -0.25) is 0 Å². The average molecular weight is 641 g/mol. The molecule has 2 aliphatic carbocycles. The van der Waals surface area contributed by atoms with Crippen LogP contribution in [0.4, 0.5) is 26.3 Å². The largest absolute Gasteiger partial charge is 0.270 e. The summed E-state index contributed by atoms with van der Waals surface area (Å²) in [6, 6.07) is 17.0. The summed E-state index contributed by atoms with van der Waals surface area (Å²) >= 11 is 0. The van der Waals surface area contributed by atoms with E-state index in [-0.39, 0.29) is 40.6 Å². The van der Waals surface area contributed by atoms with E-state index in [4.69, 9.17) is 13.1 Å². The minimum atomic E-state index is -1.62. The average Bonchev–Trinajstić information content (AvgIpc) is 3.65. The first kappa shape index (κ1) is 30.1. The molecule has 0 aliphatic heterocycles. The Hall–Kier alpha value is -6.62. The van der Waals surface area contributed by atoms with Crippen LogP contribution < -0.4 is 10.4 Å². The fraction of sp³-hybridized carbons (Fsp3) is 0.0526. The van der Waals surface area contributed by atoms with Crippen LogP contribution in [0.15, 0.2) is 60.7 Å². The molecule has 0 heterocycles. The molecule has 2 aliphatic rings. The predicted molar refractivity (Wildman–Crippen MR) is 164 cm³/mol. The standard InChI is InChI=1S/C38H14F6N4/c1-47-31(15-45)33-25-9-19-5-3-17(21-11-27(39)37(43)28(40)12-21)7-23(19)34(25)36(32(16-46)48-2)35-24-8-18(4-6-20(24)10-26(33)35)22-13-29(41)38(44)30(42)14-22/h3-8,11-14H,9-10H2. The number of halogens is 6. The molecule has 0 fully saturated rings. The Labute approximate surface area is 268 Å². The molecular weight excluding hydrogens is 626 g/mol. The van der Waals surface area contributed by atoms with Gasteiger partial charge in [0.1, 0.15) is 0 Å². The highest BCUT2D eigenvalue weighted by molar-refractivity contribution is 5.95. The lowest BCUT2D eigenvalue weighted by Crippen LogP contribution is -2.25. The van der Waals surface area contributed by atoms with Crippen LogP contribution in [-0.4, -0.2) is 0 Å². The molecule has 0 bridgehead atoms. The number of benzene rings is 5. The van der Waals surface area contributed by atoms with Crippen LogP contribution in [0.2, 0.25) is 0 Å². The third-order valence-corrected chi connectivity index (χ3v) is 8.74. The smallest absolute Gasteiger partial charge is 0.226 e. The summed E-state index contributed by atoms with van der Waals surface area (Å²) in [5, 5.41) is 20.8. The number of hydrogen-bond acceptors (Lipinski definition) is 2. The van der Waals surface area contributed by atoms with Crippen molar-refractivity contribution in [3.8, 4) is 56.6 Å². The maximum Gasteiger partial charge on any atom is 0.270 e. The topological polar surface area (TPSA) is 56.3 Å². The lowest BCUT2D eigenvalue weighted by molar-refractivity contribution is 0.447. The summed E-state index contributed by atoms with van der Waals surface area (Å²) in [4.78, 5) is 7.00. The number of rotatable bonds is 2. The summed E-state index contributed by atoms with van der Waals surface area (Å²) in [6.45, 7) is 15.7. The van der Waals surface area contributed by atoms with E-state index >= 15 is 0 Å². The van der Waals surface area contributed by atoms with Gasteiger partial charge in [0.25, 0.3) is 11.4 Å². The second kappa shape index (κ2) is 11.0. The van der Waals surface area contributed by atoms with Gasteiger partial charge in [-0.25, -0.2) is 46.6 Å². The van der Waals surface area contributed by atoms with Crippen LogP contribution >= 0.6 is 0 Å². The third kappa shape index (κ3) is 4.36. The normalized spacial score (nSPS) is 11.7. The van der Waals surface area contributed by atoms with Crippen molar-refractivity contribution in [1.29, 1.82) is 10.5 Å². The van der Waals surface area contributed by atoms with E-state index in [0.717, 1.165) is 24.3 Å². The Morgan fingerprint density at radius 1 is 0.542 bits per heavy atom. The van der Waals surface area contributed by atoms with E-state index in [1.807, 2.05) is 12.1 Å². The van der Waals surface area contributed by atoms with E-state index in [9.17, 15) is 36.9 Å². The maximum absolute atomic E-state index is 14.2. The highest BCUT2D eigenvalue weighted by atomic mass is 19.2. The van der Waals surface area contributed by atoms with Crippen LogP contribution in [-0.2, 0) is 12.8 Å². The first-order valence-corrected chi connectivity index (χ1v) is 14.2. The molecule has 0 atom stereocenters. The second-order valence-corrected chi connectivity index (χ2v) is 11.2. The zero-order valence-electron chi connectivity index (χ0n) is 24.2. The molecule has 0 saturated carbocycles. The molecule has 0 aromatic heterocycles. The Morgan fingerprint density at radius 2 is 0.917 bits per heavy atom. The minimum absolute atomic E-state index is 0.0273. The van der Waals surface area contributed by atoms with Crippen molar-refractivity contribution in [3.63, 3.8) is 0 Å². The molecule has 4 nitrogen and oxygen atoms in total. The fourth-order valence-electron chi connectivity index (χ4n) is 6.71. The van der Waals surface area contributed by atoms with E-state index in [1.54, 1.807) is 36.4 Å². The van der Waals surface area contributed by atoms with E-state index in [1.165, 1.54) is 0 Å². The summed E-state index contributed by atoms with van der Waals surface area (Å²) in [6.07, 6.45) is 0.389. The van der Waals surface area contributed by atoms with Gasteiger partial charge in [0, 0.05) is 5.22 Å². The molecule has 7 rings (SSSR count). The molecule has 0 N–H and O–H groups in total. The molecule has 0 radical (unpaired) electrons. The molecule has 0 unspecified atom stereocenters. The van der Waals surface area contributed by atoms with Gasteiger partial charge in [0.05, 0.1) is 25.3 Å². The SMILES string of the molecule is [C-]#[N+]C(C#N)=c1c2c(c(=C(C#N)[N+]#[C-])c3c1Cc1ccc(-c4cc(F)c(F)c(F)c4)cc1-3)-c1cc(-c3cc(F)c(F)c(F)c3)ccc1C2. The summed E-state index contributed by atoms with van der Waals surface area (Å²) in [5.41, 5.74) is 4.14. The van der Waals surface area contributed by atoms with Crippen molar-refractivity contribution in [2.45, 2.75) is 12.8 Å². The van der Waals surface area contributed by atoms with Crippen molar-refractivity contribution in [2.75, 3.05) is 0 Å². The number of nitrogens with zero attached hydrogens (tertiary/aromatic N) is 4. The molecule has 5 aromatic rings. The third-order valence-electron chi connectivity index (χ3n) is 8.74. The van der Waals surface area contributed by atoms with E-state index < -0.39 is 34.9 Å². The zero-order valence-corrected chi connectivity index (χ0v) is 24.2. The highest BCUT2D eigenvalue weighted by Gasteiger charge is 2.32. The van der Waals surface area contributed by atoms with Gasteiger partial charge in [0.2, 0.25) is 0 Å². The Morgan fingerprint density at radius 3 is 1.27 bits per heavy atom. The molecule has 48 heavy (non-hydrogen) atoms. The predicted octanol–water partition coefficient (Wildman–Crippen LogP) is 8.10. The van der Waals surface area contributed by atoms with Gasteiger partial charge in [-0.1, -0.05) is 24.3 Å². The number of nitriles is 2. The molecule has 0 amide bonds. The monoisotopic (exact) mass is 640 g/mol. The van der Waals surface area contributed by atoms with Crippen molar-refractivity contribution >= 4 is 11.4 Å². The summed E-state index contributed by atoms with van der Waals surface area (Å²) in [7, 11) is 0. The molecule has 10 heteroatoms. The maximum atomic E-state index is 14.2. The Bertz CT molecular complexity index is 2410. The first-order valence-electron chi connectivity index (χ1n) is 14.2. The molecule has 0 spiro atoms. The van der Waals surface area contributed by atoms with Crippen molar-refractivity contribution < 1.29 is 26.3 Å². The molecular formula is C38H14F6N4. The van der Waals surface area contributed by atoms with Gasteiger partial charge < -0.3 is 0 Å². The lowest BCUT2D eigenvalue weighted by atomic mass is 9.89. The molecule has 5 aromatic carbocycles. The van der Waals surface area contributed by atoms with Gasteiger partial charge in [-0.15, -0.1) is 0 Å². The summed E-state index contributed by atoms with van der Waals surface area (Å²) < 4.78 is 84.4. The van der Waals surface area contributed by atoms with Gasteiger partial charge in [-0.05, 0) is 121 Å². The second-order valence-electron chi connectivity index (χ2n) is 11.2. The van der Waals surface area contributed by atoms with Crippen molar-refractivity contribution in [3.05, 3.63) is 151 Å². The minimum Gasteiger partial charge on any atom is -0.226 e. The van der Waals surface area contributed by atoms with Crippen LogP contribution in [0.1, 0.15) is 22.3 Å². The van der Waals surface area contributed by atoms with E-state index in [2.05, 4.69) is 9.69 Å². The van der Waals surface area contributed by atoms with Crippen molar-refractivity contribution in [2.24, 2.45) is 0 Å². The number of fused-ring (bicyclic) bond motifs is 6. The van der Waals surface area contributed by atoms with Gasteiger partial charge >= 0.3 is 0 Å². The van der Waals surface area contributed by atoms with Gasteiger partial charge in [0.15, 0.2) is 34.9 Å². The quantitative estimate of drug-likeness (QED) is 0.109. The Kier molecular flexibility index (Phi) is 6.90. The molecule has 228 valence electrons. The van der Waals surface area contributed by atoms with Crippen LogP contribution in [0.5, 0.6) is 0 Å². The van der Waals surface area contributed by atoms with Gasteiger partial charge in [-0.2, -0.15) is 0 Å². The van der Waals surface area contributed by atoms with Crippen LogP contribution in [0, 0.1) is 70.7 Å². The van der Waals surface area contributed by atoms with Crippen molar-refractivity contribution in [1.82, 2.24) is 0 Å². The lowest BCUT2D eigenvalue weighted by Gasteiger charge is -2.14. The van der Waals surface area contributed by atoms with E-state index in [0.29, 0.717) is 60.9 Å². The summed E-state index contributed by atoms with van der Waals surface area (Å²) in [5.74, 6) is -8.81. The fourth-order valence-corrected chi connectivity index (χ4v) is 6.71. The number of hydrogen-bond donors (Lipinski definition) is 0.